The van der Waals surface area contributed by atoms with Crippen molar-refractivity contribution in [3.05, 3.63) is 23.5 Å². The Morgan fingerprint density at radius 1 is 1.69 bits per heavy atom. The lowest BCUT2D eigenvalue weighted by Gasteiger charge is -2.03. The first-order chi connectivity index (χ1) is 6.15. The van der Waals surface area contributed by atoms with Gasteiger partial charge in [-0.15, -0.1) is 0 Å². The molecule has 3 N–H and O–H groups in total. The number of hydrogen-bond acceptors (Lipinski definition) is 2. The molecule has 0 fully saturated rings. The first-order valence-corrected chi connectivity index (χ1v) is 4.26. The molecule has 4 heteroatoms. The van der Waals surface area contributed by atoms with Gasteiger partial charge in [0.1, 0.15) is 5.69 Å². The van der Waals surface area contributed by atoms with Crippen LogP contribution in [0.4, 0.5) is 0 Å². The van der Waals surface area contributed by atoms with Crippen LogP contribution in [0.5, 0.6) is 0 Å². The molecule has 72 valence electrons. The van der Waals surface area contributed by atoms with E-state index in [2.05, 4.69) is 5.32 Å². The summed E-state index contributed by atoms with van der Waals surface area (Å²) in [5.74, 6) is -0.0685. The van der Waals surface area contributed by atoms with Crippen LogP contribution in [0.3, 0.4) is 0 Å². The fourth-order valence-corrected chi connectivity index (χ4v) is 1.23. The summed E-state index contributed by atoms with van der Waals surface area (Å²) in [7, 11) is 1.85. The Balaban J connectivity index is 2.70. The van der Waals surface area contributed by atoms with Gasteiger partial charge in [0.25, 0.3) is 5.91 Å². The molecule has 0 aliphatic heterocycles. The number of nitrogens with zero attached hydrogens (tertiary/aromatic N) is 1. The summed E-state index contributed by atoms with van der Waals surface area (Å²) >= 11 is 0. The number of nitrogens with one attached hydrogen (secondary N) is 1. The molecule has 0 saturated heterocycles. The second kappa shape index (κ2) is 4.09. The van der Waals surface area contributed by atoms with Crippen molar-refractivity contribution in [3.8, 4) is 0 Å². The van der Waals surface area contributed by atoms with Crippen molar-refractivity contribution in [2.24, 2.45) is 12.8 Å². The highest BCUT2D eigenvalue weighted by molar-refractivity contribution is 5.92. The molecule has 0 spiro atoms. The van der Waals surface area contributed by atoms with Gasteiger partial charge in [-0.1, -0.05) is 0 Å². The highest BCUT2D eigenvalue weighted by Crippen LogP contribution is 2.04. The molecule has 1 rings (SSSR count). The standard InChI is InChI=1S/C9H15N3O/c1-7-5-8(12(2)6-7)9(13)11-4-3-10/h5-6H,3-4,10H2,1-2H3,(H,11,13). The zero-order chi connectivity index (χ0) is 9.84. The number of amides is 1. The molecular weight excluding hydrogens is 166 g/mol. The maximum atomic E-state index is 11.5. The van der Waals surface area contributed by atoms with Gasteiger partial charge in [0, 0.05) is 26.3 Å². The monoisotopic (exact) mass is 181 g/mol. The highest BCUT2D eigenvalue weighted by atomic mass is 16.1. The van der Waals surface area contributed by atoms with E-state index in [9.17, 15) is 4.79 Å². The first kappa shape index (κ1) is 9.80. The number of aryl methyl sites for hydroxylation is 2. The van der Waals surface area contributed by atoms with Crippen LogP contribution in [0.15, 0.2) is 12.3 Å². The van der Waals surface area contributed by atoms with Gasteiger partial charge < -0.3 is 15.6 Å². The lowest BCUT2D eigenvalue weighted by Crippen LogP contribution is -2.30. The van der Waals surface area contributed by atoms with Crippen molar-refractivity contribution in [2.75, 3.05) is 13.1 Å². The minimum absolute atomic E-state index is 0.0685. The summed E-state index contributed by atoms with van der Waals surface area (Å²) in [4.78, 5) is 11.5. The summed E-state index contributed by atoms with van der Waals surface area (Å²) < 4.78 is 1.81. The Hall–Kier alpha value is -1.29. The molecule has 0 aliphatic rings. The van der Waals surface area contributed by atoms with Crippen molar-refractivity contribution in [1.82, 2.24) is 9.88 Å². The van der Waals surface area contributed by atoms with E-state index >= 15 is 0 Å². The molecule has 1 aromatic heterocycles. The van der Waals surface area contributed by atoms with E-state index < -0.39 is 0 Å². The van der Waals surface area contributed by atoms with E-state index in [0.717, 1.165) is 5.56 Å². The van der Waals surface area contributed by atoms with Crippen LogP contribution in [0.1, 0.15) is 16.1 Å². The van der Waals surface area contributed by atoms with Crippen LogP contribution in [0, 0.1) is 6.92 Å². The minimum atomic E-state index is -0.0685. The Morgan fingerprint density at radius 2 is 2.38 bits per heavy atom. The number of rotatable bonds is 3. The van der Waals surface area contributed by atoms with Crippen LogP contribution in [-0.2, 0) is 7.05 Å². The SMILES string of the molecule is Cc1cc(C(=O)NCCN)n(C)c1. The molecule has 0 aromatic carbocycles. The number of hydrogen-bond donors (Lipinski definition) is 2. The Bertz CT molecular complexity index is 304. The van der Waals surface area contributed by atoms with Crippen LogP contribution in [0.25, 0.3) is 0 Å². The summed E-state index contributed by atoms with van der Waals surface area (Å²) in [6.45, 7) is 2.94. The minimum Gasteiger partial charge on any atom is -0.349 e. The molecule has 0 saturated carbocycles. The maximum Gasteiger partial charge on any atom is 0.267 e. The topological polar surface area (TPSA) is 60.1 Å². The van der Waals surface area contributed by atoms with Crippen molar-refractivity contribution in [3.63, 3.8) is 0 Å². The zero-order valence-corrected chi connectivity index (χ0v) is 8.00. The summed E-state index contributed by atoms with van der Waals surface area (Å²) in [5, 5.41) is 2.72. The Morgan fingerprint density at radius 3 is 2.85 bits per heavy atom. The fraction of sp³-hybridized carbons (Fsp3) is 0.444. The molecule has 4 nitrogen and oxygen atoms in total. The molecule has 0 unspecified atom stereocenters. The molecule has 1 heterocycles. The number of nitrogens with two attached hydrogens (primary N) is 1. The van der Waals surface area contributed by atoms with Crippen LogP contribution in [-0.4, -0.2) is 23.6 Å². The molecular formula is C9H15N3O. The normalized spacial score (nSPS) is 10.1. The predicted molar refractivity (Wildman–Crippen MR) is 51.5 cm³/mol. The second-order valence-corrected chi connectivity index (χ2v) is 3.06. The number of carbonyl (C=O) groups excluding carboxylic acids is 1. The fourth-order valence-electron chi connectivity index (χ4n) is 1.23. The molecule has 1 amide bonds. The lowest BCUT2D eigenvalue weighted by atomic mass is 10.3. The van der Waals surface area contributed by atoms with Gasteiger partial charge in [-0.25, -0.2) is 0 Å². The van der Waals surface area contributed by atoms with Gasteiger partial charge in [0.15, 0.2) is 0 Å². The van der Waals surface area contributed by atoms with Crippen LogP contribution in [0.2, 0.25) is 0 Å². The van der Waals surface area contributed by atoms with E-state index in [1.165, 1.54) is 0 Å². The van der Waals surface area contributed by atoms with Gasteiger partial charge in [-0.05, 0) is 18.6 Å². The average molecular weight is 181 g/mol. The van der Waals surface area contributed by atoms with Gasteiger partial charge in [0.2, 0.25) is 0 Å². The van der Waals surface area contributed by atoms with Crippen molar-refractivity contribution in [1.29, 1.82) is 0 Å². The van der Waals surface area contributed by atoms with Gasteiger partial charge in [0.05, 0.1) is 0 Å². The zero-order valence-electron chi connectivity index (χ0n) is 8.00. The third kappa shape index (κ3) is 2.32. The molecule has 1 aromatic rings. The second-order valence-electron chi connectivity index (χ2n) is 3.06. The molecule has 0 aliphatic carbocycles. The number of aromatic nitrogens is 1. The predicted octanol–water partition coefficient (Wildman–Crippen LogP) is 0.0220. The van der Waals surface area contributed by atoms with Crippen LogP contribution < -0.4 is 11.1 Å². The van der Waals surface area contributed by atoms with E-state index in [1.54, 1.807) is 4.57 Å². The van der Waals surface area contributed by atoms with Crippen molar-refractivity contribution < 1.29 is 4.79 Å². The maximum absolute atomic E-state index is 11.5. The van der Waals surface area contributed by atoms with E-state index in [1.807, 2.05) is 26.2 Å². The first-order valence-electron chi connectivity index (χ1n) is 4.26. The third-order valence-electron chi connectivity index (χ3n) is 1.80. The van der Waals surface area contributed by atoms with E-state index in [-0.39, 0.29) is 5.91 Å². The van der Waals surface area contributed by atoms with Gasteiger partial charge >= 0.3 is 0 Å². The van der Waals surface area contributed by atoms with Crippen molar-refractivity contribution in [2.45, 2.75) is 6.92 Å². The van der Waals surface area contributed by atoms with E-state index in [0.29, 0.717) is 18.8 Å². The summed E-state index contributed by atoms with van der Waals surface area (Å²) in [6.07, 6.45) is 1.91. The Labute approximate surface area is 77.7 Å². The third-order valence-corrected chi connectivity index (χ3v) is 1.80. The molecule has 0 atom stereocenters. The quantitative estimate of drug-likeness (QED) is 0.690. The average Bonchev–Trinajstić information content (AvgIpc) is 2.41. The molecule has 0 radical (unpaired) electrons. The van der Waals surface area contributed by atoms with Crippen LogP contribution >= 0.6 is 0 Å². The van der Waals surface area contributed by atoms with E-state index in [4.69, 9.17) is 5.73 Å². The Kier molecular flexibility index (Phi) is 3.08. The molecule has 0 bridgehead atoms. The number of carbonyl (C=O) groups is 1. The van der Waals surface area contributed by atoms with Gasteiger partial charge in [-0.3, -0.25) is 4.79 Å². The highest BCUT2D eigenvalue weighted by Gasteiger charge is 2.08. The van der Waals surface area contributed by atoms with Crippen molar-refractivity contribution >= 4 is 5.91 Å². The largest absolute Gasteiger partial charge is 0.349 e. The lowest BCUT2D eigenvalue weighted by molar-refractivity contribution is 0.0946. The summed E-state index contributed by atoms with van der Waals surface area (Å²) in [6, 6.07) is 1.85. The summed E-state index contributed by atoms with van der Waals surface area (Å²) in [5.41, 5.74) is 7.03. The smallest absolute Gasteiger partial charge is 0.267 e. The molecule has 13 heavy (non-hydrogen) atoms. The van der Waals surface area contributed by atoms with Gasteiger partial charge in [-0.2, -0.15) is 0 Å².